The molecule has 2 heterocycles. The van der Waals surface area contributed by atoms with Crippen LogP contribution in [0, 0.1) is 0 Å². The molecule has 176 valence electrons. The minimum Gasteiger partial charge on any atom is -0.369 e. The molecular formula is C21H31ClN6O3S. The third kappa shape index (κ3) is 5.80. The molecule has 1 amide bonds. The number of piperazine rings is 1. The summed E-state index contributed by atoms with van der Waals surface area (Å²) in [6.07, 6.45) is 2.31. The number of hydrogen-bond acceptors (Lipinski definition) is 6. The number of amides is 1. The molecule has 1 fully saturated rings. The number of nitrogens with zero attached hydrogens (tertiary/aromatic N) is 5. The monoisotopic (exact) mass is 482 g/mol. The van der Waals surface area contributed by atoms with Crippen molar-refractivity contribution in [2.24, 2.45) is 0 Å². The number of halogens is 1. The van der Waals surface area contributed by atoms with Gasteiger partial charge in [0.2, 0.25) is 5.03 Å². The van der Waals surface area contributed by atoms with Gasteiger partial charge in [0.15, 0.2) is 0 Å². The van der Waals surface area contributed by atoms with Crippen molar-refractivity contribution in [1.29, 1.82) is 0 Å². The zero-order valence-corrected chi connectivity index (χ0v) is 20.4. The first-order valence-electron chi connectivity index (χ1n) is 10.7. The standard InChI is InChI=1S/C21H31ClN6O3S/c1-4-9-27-16-19(20(29)23-8-10-25(2)3)21(24-27)32(30,31)28-13-11-26(12-14-28)18-7-5-6-17(22)15-18/h5-7,15-16H,4,8-14H2,1-3H3,(H,23,29). The van der Waals surface area contributed by atoms with Gasteiger partial charge in [-0.2, -0.15) is 9.40 Å². The zero-order valence-electron chi connectivity index (χ0n) is 18.8. The van der Waals surface area contributed by atoms with Crippen molar-refractivity contribution in [3.8, 4) is 0 Å². The fourth-order valence-corrected chi connectivity index (χ4v) is 5.27. The van der Waals surface area contributed by atoms with Gasteiger partial charge in [-0.25, -0.2) is 8.42 Å². The van der Waals surface area contributed by atoms with Crippen molar-refractivity contribution in [2.45, 2.75) is 24.9 Å². The molecular weight excluding hydrogens is 452 g/mol. The van der Waals surface area contributed by atoms with Gasteiger partial charge in [-0.05, 0) is 38.7 Å². The van der Waals surface area contributed by atoms with E-state index in [0.29, 0.717) is 50.8 Å². The molecule has 0 bridgehead atoms. The molecule has 9 nitrogen and oxygen atoms in total. The van der Waals surface area contributed by atoms with Gasteiger partial charge in [-0.3, -0.25) is 9.48 Å². The highest BCUT2D eigenvalue weighted by Crippen LogP contribution is 2.24. The Morgan fingerprint density at radius 3 is 2.56 bits per heavy atom. The maximum absolute atomic E-state index is 13.4. The van der Waals surface area contributed by atoms with Crippen LogP contribution in [0.3, 0.4) is 0 Å². The fourth-order valence-electron chi connectivity index (χ4n) is 3.56. The van der Waals surface area contributed by atoms with E-state index in [2.05, 4.69) is 15.3 Å². The molecule has 0 unspecified atom stereocenters. The minimum atomic E-state index is -3.91. The normalized spacial score (nSPS) is 15.3. The number of rotatable bonds is 9. The number of carbonyl (C=O) groups is 1. The lowest BCUT2D eigenvalue weighted by molar-refractivity contribution is 0.0947. The van der Waals surface area contributed by atoms with Crippen LogP contribution in [0.1, 0.15) is 23.7 Å². The summed E-state index contributed by atoms with van der Waals surface area (Å²) in [6.45, 7) is 5.25. The SMILES string of the molecule is CCCn1cc(C(=O)NCCN(C)C)c(S(=O)(=O)N2CCN(c3cccc(Cl)c3)CC2)n1. The molecule has 0 atom stereocenters. The lowest BCUT2D eigenvalue weighted by atomic mass is 10.2. The number of nitrogens with one attached hydrogen (secondary N) is 1. The molecule has 1 saturated heterocycles. The number of sulfonamides is 1. The average molecular weight is 483 g/mol. The Bertz CT molecular complexity index is 1030. The summed E-state index contributed by atoms with van der Waals surface area (Å²) in [5.74, 6) is -0.426. The highest BCUT2D eigenvalue weighted by atomic mass is 35.5. The van der Waals surface area contributed by atoms with Crippen LogP contribution in [-0.2, 0) is 16.6 Å². The van der Waals surface area contributed by atoms with Crippen LogP contribution in [0.4, 0.5) is 5.69 Å². The second-order valence-corrected chi connectivity index (χ2v) is 10.3. The lowest BCUT2D eigenvalue weighted by Gasteiger charge is -2.35. The van der Waals surface area contributed by atoms with Crippen molar-refractivity contribution < 1.29 is 13.2 Å². The Balaban J connectivity index is 1.77. The van der Waals surface area contributed by atoms with Crippen LogP contribution < -0.4 is 10.2 Å². The first-order valence-corrected chi connectivity index (χ1v) is 12.5. The molecule has 0 spiro atoms. The van der Waals surface area contributed by atoms with E-state index in [1.807, 2.05) is 50.2 Å². The van der Waals surface area contributed by atoms with Gasteiger partial charge in [-0.15, -0.1) is 0 Å². The van der Waals surface area contributed by atoms with Gasteiger partial charge in [0.25, 0.3) is 15.9 Å². The first-order chi connectivity index (χ1) is 15.2. The summed E-state index contributed by atoms with van der Waals surface area (Å²) in [5, 5.41) is 7.55. The molecule has 1 N–H and O–H groups in total. The van der Waals surface area contributed by atoms with Crippen molar-refractivity contribution in [2.75, 3.05) is 58.3 Å². The Morgan fingerprint density at radius 2 is 1.94 bits per heavy atom. The second-order valence-electron chi connectivity index (χ2n) is 8.04. The molecule has 32 heavy (non-hydrogen) atoms. The smallest absolute Gasteiger partial charge is 0.263 e. The van der Waals surface area contributed by atoms with Crippen molar-refractivity contribution in [3.63, 3.8) is 0 Å². The van der Waals surface area contributed by atoms with Crippen LogP contribution in [0.25, 0.3) is 0 Å². The predicted molar refractivity (Wildman–Crippen MR) is 126 cm³/mol. The van der Waals surface area contributed by atoms with Crippen molar-refractivity contribution >= 4 is 33.2 Å². The van der Waals surface area contributed by atoms with Crippen LogP contribution in [0.5, 0.6) is 0 Å². The number of benzene rings is 1. The average Bonchev–Trinajstić information content (AvgIpc) is 3.19. The molecule has 3 rings (SSSR count). The molecule has 1 aliphatic rings. The molecule has 0 aliphatic carbocycles. The second kappa shape index (κ2) is 10.7. The van der Waals surface area contributed by atoms with Gasteiger partial charge in [0.05, 0.1) is 5.56 Å². The Hall–Kier alpha value is -2.14. The summed E-state index contributed by atoms with van der Waals surface area (Å²) >= 11 is 6.09. The highest BCUT2D eigenvalue weighted by Gasteiger charge is 2.34. The van der Waals surface area contributed by atoms with E-state index < -0.39 is 15.9 Å². The topological polar surface area (TPSA) is 90.8 Å². The molecule has 2 aromatic rings. The van der Waals surface area contributed by atoms with E-state index in [9.17, 15) is 13.2 Å². The summed E-state index contributed by atoms with van der Waals surface area (Å²) in [4.78, 5) is 16.8. The highest BCUT2D eigenvalue weighted by molar-refractivity contribution is 7.89. The molecule has 1 aromatic heterocycles. The van der Waals surface area contributed by atoms with E-state index in [1.165, 1.54) is 15.2 Å². The summed E-state index contributed by atoms with van der Waals surface area (Å²) in [5.41, 5.74) is 1.05. The van der Waals surface area contributed by atoms with Gasteiger partial charge in [0.1, 0.15) is 0 Å². The van der Waals surface area contributed by atoms with E-state index in [1.54, 1.807) is 0 Å². The van der Waals surface area contributed by atoms with E-state index in [4.69, 9.17) is 11.6 Å². The van der Waals surface area contributed by atoms with Crippen LogP contribution in [0.2, 0.25) is 5.02 Å². The number of hydrogen-bond donors (Lipinski definition) is 1. The molecule has 1 aromatic carbocycles. The maximum Gasteiger partial charge on any atom is 0.263 e. The van der Waals surface area contributed by atoms with Crippen LogP contribution in [-0.4, -0.2) is 86.7 Å². The van der Waals surface area contributed by atoms with E-state index >= 15 is 0 Å². The van der Waals surface area contributed by atoms with Gasteiger partial charge in [0, 0.05) is 62.7 Å². The minimum absolute atomic E-state index is 0.0921. The van der Waals surface area contributed by atoms with Crippen molar-refractivity contribution in [3.05, 3.63) is 41.0 Å². The van der Waals surface area contributed by atoms with Crippen molar-refractivity contribution in [1.82, 2.24) is 24.3 Å². The fraction of sp³-hybridized carbons (Fsp3) is 0.524. The summed E-state index contributed by atoms with van der Waals surface area (Å²) < 4.78 is 29.8. The largest absolute Gasteiger partial charge is 0.369 e. The zero-order chi connectivity index (χ0) is 23.3. The van der Waals surface area contributed by atoms with E-state index in [0.717, 1.165) is 12.1 Å². The summed E-state index contributed by atoms with van der Waals surface area (Å²) in [6, 6.07) is 7.51. The van der Waals surface area contributed by atoms with Gasteiger partial charge in [-0.1, -0.05) is 24.6 Å². The Kier molecular flexibility index (Phi) is 8.16. The predicted octanol–water partition coefficient (Wildman–Crippen LogP) is 1.75. The molecule has 0 radical (unpaired) electrons. The first kappa shape index (κ1) is 24.5. The Labute approximate surface area is 195 Å². The number of aromatic nitrogens is 2. The third-order valence-corrected chi connectivity index (χ3v) is 7.34. The number of likely N-dealkylation sites (N-methyl/N-ethyl adjacent to an activating group) is 1. The number of aryl methyl sites for hydroxylation is 1. The molecule has 11 heteroatoms. The lowest BCUT2D eigenvalue weighted by Crippen LogP contribution is -2.49. The molecule has 1 aliphatic heterocycles. The maximum atomic E-state index is 13.4. The van der Waals surface area contributed by atoms with Crippen LogP contribution >= 0.6 is 11.6 Å². The Morgan fingerprint density at radius 1 is 1.22 bits per heavy atom. The number of anilines is 1. The van der Waals surface area contributed by atoms with Gasteiger partial charge >= 0.3 is 0 Å². The third-order valence-electron chi connectivity index (χ3n) is 5.27. The number of carbonyl (C=O) groups excluding carboxylic acids is 1. The molecule has 0 saturated carbocycles. The van der Waals surface area contributed by atoms with E-state index in [-0.39, 0.29) is 10.6 Å². The quantitative estimate of drug-likeness (QED) is 0.585. The summed E-state index contributed by atoms with van der Waals surface area (Å²) in [7, 11) is -0.0987. The van der Waals surface area contributed by atoms with Crippen LogP contribution in [0.15, 0.2) is 35.5 Å². The van der Waals surface area contributed by atoms with Gasteiger partial charge < -0.3 is 15.1 Å².